The standard InChI is InChI=1S/C20H25N4O6PS/c1-13-5-4-6-16(9-13)20(26)32-18(7-8-30-31(27,28)29)14(2)24(12-25)11-17-10-22-15(3)23-19(17)21/h4-6,9-10,12H,7-8,11H2,1-3H3,(H2,21,22,23)(H2,27,28,29). The summed E-state index contributed by atoms with van der Waals surface area (Å²) in [5.74, 6) is 0.720. The van der Waals surface area contributed by atoms with Gasteiger partial charge in [-0.1, -0.05) is 23.8 Å². The van der Waals surface area contributed by atoms with Crippen molar-refractivity contribution in [2.24, 2.45) is 0 Å². The summed E-state index contributed by atoms with van der Waals surface area (Å²) in [7, 11) is -4.68. The van der Waals surface area contributed by atoms with E-state index in [4.69, 9.17) is 15.5 Å². The van der Waals surface area contributed by atoms with Crippen molar-refractivity contribution >= 4 is 36.9 Å². The van der Waals surface area contributed by atoms with E-state index in [-0.39, 0.29) is 30.5 Å². The SMILES string of the molecule is CC(=C(CCOP(=O)(O)O)SC(=O)c1cccc(C)c1)N(C=O)Cc1cnc(C)nc1N. The highest BCUT2D eigenvalue weighted by molar-refractivity contribution is 8.17. The Balaban J connectivity index is 2.33. The Kier molecular flexibility index (Phi) is 9.11. The van der Waals surface area contributed by atoms with Gasteiger partial charge in [-0.3, -0.25) is 14.1 Å². The highest BCUT2D eigenvalue weighted by atomic mass is 32.2. The molecule has 2 rings (SSSR count). The Labute approximate surface area is 190 Å². The van der Waals surface area contributed by atoms with Gasteiger partial charge in [-0.05, 0) is 38.6 Å². The Morgan fingerprint density at radius 3 is 2.66 bits per heavy atom. The molecule has 1 aromatic carbocycles. The van der Waals surface area contributed by atoms with Gasteiger partial charge in [0.2, 0.25) is 11.5 Å². The number of phosphoric ester groups is 1. The molecule has 0 bridgehead atoms. The van der Waals surface area contributed by atoms with Crippen LogP contribution in [0.4, 0.5) is 5.82 Å². The van der Waals surface area contributed by atoms with Gasteiger partial charge in [-0.15, -0.1) is 0 Å². The molecular weight excluding hydrogens is 455 g/mol. The van der Waals surface area contributed by atoms with E-state index in [1.54, 1.807) is 32.0 Å². The lowest BCUT2D eigenvalue weighted by molar-refractivity contribution is -0.116. The van der Waals surface area contributed by atoms with Gasteiger partial charge in [0, 0.05) is 34.3 Å². The van der Waals surface area contributed by atoms with Crippen LogP contribution in [-0.4, -0.2) is 42.8 Å². The summed E-state index contributed by atoms with van der Waals surface area (Å²) >= 11 is 0.871. The number of hydrogen-bond acceptors (Lipinski definition) is 8. The normalized spacial score (nSPS) is 12.3. The zero-order valence-corrected chi connectivity index (χ0v) is 19.6. The van der Waals surface area contributed by atoms with Gasteiger partial charge in [0.05, 0.1) is 13.2 Å². The maximum absolute atomic E-state index is 12.8. The molecule has 0 aliphatic carbocycles. The van der Waals surface area contributed by atoms with Crippen LogP contribution in [0.25, 0.3) is 0 Å². The van der Waals surface area contributed by atoms with Gasteiger partial charge < -0.3 is 20.4 Å². The summed E-state index contributed by atoms with van der Waals surface area (Å²) < 4.78 is 15.6. The van der Waals surface area contributed by atoms with E-state index in [9.17, 15) is 14.2 Å². The molecule has 4 N–H and O–H groups in total. The predicted molar refractivity (Wildman–Crippen MR) is 121 cm³/mol. The minimum absolute atomic E-state index is 0.00336. The van der Waals surface area contributed by atoms with Crippen molar-refractivity contribution in [2.45, 2.75) is 33.7 Å². The van der Waals surface area contributed by atoms with Crippen molar-refractivity contribution in [3.05, 3.63) is 63.6 Å². The van der Waals surface area contributed by atoms with Gasteiger partial charge in [-0.25, -0.2) is 14.5 Å². The number of hydrogen-bond donors (Lipinski definition) is 3. The van der Waals surface area contributed by atoms with Crippen molar-refractivity contribution in [3.63, 3.8) is 0 Å². The minimum Gasteiger partial charge on any atom is -0.383 e. The third-order valence-corrected chi connectivity index (χ3v) is 6.06. The number of allylic oxidation sites excluding steroid dienone is 1. The minimum atomic E-state index is -4.68. The van der Waals surface area contributed by atoms with Crippen LogP contribution in [-0.2, 0) is 20.4 Å². The fourth-order valence-electron chi connectivity index (χ4n) is 2.72. The molecule has 0 unspecified atom stereocenters. The second-order valence-corrected chi connectivity index (χ2v) is 9.21. The molecule has 0 radical (unpaired) electrons. The molecule has 32 heavy (non-hydrogen) atoms. The molecule has 12 heteroatoms. The summed E-state index contributed by atoms with van der Waals surface area (Å²) in [5, 5.41) is -0.275. The van der Waals surface area contributed by atoms with Crippen LogP contribution in [0.3, 0.4) is 0 Å². The molecule has 0 spiro atoms. The molecule has 0 aliphatic rings. The molecule has 0 aliphatic heterocycles. The number of phosphoric acid groups is 1. The summed E-state index contributed by atoms with van der Waals surface area (Å²) in [4.78, 5) is 52.5. The lowest BCUT2D eigenvalue weighted by Crippen LogP contribution is -2.22. The van der Waals surface area contributed by atoms with E-state index in [0.717, 1.165) is 17.3 Å². The number of benzene rings is 1. The van der Waals surface area contributed by atoms with Crippen LogP contribution in [0.5, 0.6) is 0 Å². The quantitative estimate of drug-likeness (QED) is 0.341. The number of aromatic nitrogens is 2. The molecule has 1 amide bonds. The highest BCUT2D eigenvalue weighted by Crippen LogP contribution is 2.37. The predicted octanol–water partition coefficient (Wildman–Crippen LogP) is 2.94. The zero-order valence-electron chi connectivity index (χ0n) is 17.9. The Hall–Kier alpha value is -2.56. The number of rotatable bonds is 10. The van der Waals surface area contributed by atoms with Crippen LogP contribution in [0, 0.1) is 13.8 Å². The number of nitrogen functional groups attached to an aromatic ring is 1. The molecule has 172 valence electrons. The van der Waals surface area contributed by atoms with E-state index in [1.165, 1.54) is 11.1 Å². The number of carbonyl (C=O) groups is 2. The van der Waals surface area contributed by atoms with Gasteiger partial charge in [-0.2, -0.15) is 0 Å². The lowest BCUT2D eigenvalue weighted by atomic mass is 10.2. The van der Waals surface area contributed by atoms with Crippen molar-refractivity contribution in [3.8, 4) is 0 Å². The van der Waals surface area contributed by atoms with Crippen molar-refractivity contribution in [1.82, 2.24) is 14.9 Å². The Morgan fingerprint density at radius 2 is 2.06 bits per heavy atom. The maximum atomic E-state index is 12.8. The second-order valence-electron chi connectivity index (χ2n) is 6.90. The fraction of sp³-hybridized carbons (Fsp3) is 0.300. The summed E-state index contributed by atoms with van der Waals surface area (Å²) in [5.41, 5.74) is 8.23. The van der Waals surface area contributed by atoms with E-state index < -0.39 is 7.82 Å². The highest BCUT2D eigenvalue weighted by Gasteiger charge is 2.20. The van der Waals surface area contributed by atoms with Crippen molar-refractivity contribution in [1.29, 1.82) is 0 Å². The van der Waals surface area contributed by atoms with Crippen molar-refractivity contribution in [2.75, 3.05) is 12.3 Å². The first-order chi connectivity index (χ1) is 15.0. The molecule has 1 aromatic heterocycles. The molecule has 0 saturated heterocycles. The zero-order chi connectivity index (χ0) is 23.9. The summed E-state index contributed by atoms with van der Waals surface area (Å²) in [6.45, 7) is 4.90. The number of amides is 1. The first-order valence-electron chi connectivity index (χ1n) is 9.48. The third-order valence-electron chi connectivity index (χ3n) is 4.38. The number of nitrogens with zero attached hydrogens (tertiary/aromatic N) is 3. The van der Waals surface area contributed by atoms with Crippen LogP contribution in [0.15, 0.2) is 41.1 Å². The summed E-state index contributed by atoms with van der Waals surface area (Å²) in [6, 6.07) is 7.02. The average molecular weight is 480 g/mol. The molecule has 1 heterocycles. The van der Waals surface area contributed by atoms with E-state index in [0.29, 0.717) is 34.0 Å². The number of thioether (sulfide) groups is 1. The first-order valence-corrected chi connectivity index (χ1v) is 11.8. The molecule has 0 atom stereocenters. The molecule has 0 saturated carbocycles. The molecular formula is C20H25N4O6PS. The molecule has 2 aromatic rings. The topological polar surface area (TPSA) is 156 Å². The fourth-order valence-corrected chi connectivity index (χ4v) is 3.97. The summed E-state index contributed by atoms with van der Waals surface area (Å²) in [6.07, 6.45) is 2.10. The van der Waals surface area contributed by atoms with Crippen molar-refractivity contribution < 1.29 is 28.5 Å². The van der Waals surface area contributed by atoms with Gasteiger partial charge in [0.15, 0.2) is 0 Å². The van der Waals surface area contributed by atoms with Gasteiger partial charge in [0.1, 0.15) is 11.6 Å². The number of nitrogens with two attached hydrogens (primary N) is 1. The lowest BCUT2D eigenvalue weighted by Gasteiger charge is -2.22. The second kappa shape index (κ2) is 11.3. The van der Waals surface area contributed by atoms with E-state index in [1.807, 2.05) is 13.0 Å². The van der Waals surface area contributed by atoms with Crippen LogP contribution >= 0.6 is 19.6 Å². The molecule has 10 nitrogen and oxygen atoms in total. The van der Waals surface area contributed by atoms with Gasteiger partial charge >= 0.3 is 7.82 Å². The number of carbonyl (C=O) groups excluding carboxylic acids is 2. The van der Waals surface area contributed by atoms with E-state index in [2.05, 4.69) is 14.5 Å². The number of aryl methyl sites for hydroxylation is 2. The Morgan fingerprint density at radius 1 is 1.34 bits per heavy atom. The van der Waals surface area contributed by atoms with E-state index >= 15 is 0 Å². The largest absolute Gasteiger partial charge is 0.469 e. The monoisotopic (exact) mass is 480 g/mol. The average Bonchev–Trinajstić information content (AvgIpc) is 2.71. The Bertz CT molecular complexity index is 1070. The van der Waals surface area contributed by atoms with Crippen LogP contribution in [0.1, 0.15) is 40.7 Å². The maximum Gasteiger partial charge on any atom is 0.469 e. The smallest absolute Gasteiger partial charge is 0.383 e. The number of anilines is 1. The van der Waals surface area contributed by atoms with Gasteiger partial charge in [0.25, 0.3) is 0 Å². The third kappa shape index (κ3) is 7.85. The molecule has 0 fully saturated rings. The first kappa shape index (κ1) is 25.7. The van der Waals surface area contributed by atoms with Crippen LogP contribution in [0.2, 0.25) is 0 Å². The van der Waals surface area contributed by atoms with Crippen LogP contribution < -0.4 is 5.73 Å².